The second kappa shape index (κ2) is 8.46. The van der Waals surface area contributed by atoms with Gasteiger partial charge in [-0.15, -0.1) is 5.10 Å². The molecule has 9 heteroatoms. The first-order valence-corrected chi connectivity index (χ1v) is 10.3. The molecule has 162 valence electrons. The number of nitrogens with one attached hydrogen (secondary N) is 1. The van der Waals surface area contributed by atoms with Crippen LogP contribution < -0.4 is 5.32 Å². The molecule has 9 nitrogen and oxygen atoms in total. The third-order valence-electron chi connectivity index (χ3n) is 5.23. The van der Waals surface area contributed by atoms with E-state index in [0.717, 1.165) is 15.1 Å². The maximum atomic E-state index is 13.2. The monoisotopic (exact) mass is 438 g/mol. The van der Waals surface area contributed by atoms with Gasteiger partial charge in [0.2, 0.25) is 5.95 Å². The van der Waals surface area contributed by atoms with Gasteiger partial charge in [0, 0.05) is 24.5 Å². The van der Waals surface area contributed by atoms with Gasteiger partial charge in [-0.3, -0.25) is 24.3 Å². The van der Waals surface area contributed by atoms with Crippen molar-refractivity contribution in [1.29, 1.82) is 0 Å². The van der Waals surface area contributed by atoms with Crippen LogP contribution in [0.3, 0.4) is 0 Å². The highest BCUT2D eigenvalue weighted by Gasteiger charge is 2.37. The van der Waals surface area contributed by atoms with Crippen molar-refractivity contribution in [3.05, 3.63) is 95.8 Å². The molecule has 0 bridgehead atoms. The number of aromatic nitrogens is 4. The Morgan fingerprint density at radius 2 is 1.58 bits per heavy atom. The zero-order valence-corrected chi connectivity index (χ0v) is 17.4. The van der Waals surface area contributed by atoms with Gasteiger partial charge < -0.3 is 5.32 Å². The molecule has 33 heavy (non-hydrogen) atoms. The summed E-state index contributed by atoms with van der Waals surface area (Å²) >= 11 is 0. The largest absolute Gasteiger partial charge is 0.350 e. The highest BCUT2D eigenvalue weighted by atomic mass is 16.2. The van der Waals surface area contributed by atoms with Gasteiger partial charge in [0.1, 0.15) is 6.54 Å². The summed E-state index contributed by atoms with van der Waals surface area (Å²) in [5, 5.41) is 7.46. The zero-order chi connectivity index (χ0) is 22.8. The molecule has 1 aliphatic heterocycles. The zero-order valence-electron chi connectivity index (χ0n) is 17.4. The number of anilines is 1. The normalized spacial score (nSPS) is 12.7. The molecule has 0 atom stereocenters. The lowest BCUT2D eigenvalue weighted by Gasteiger charge is -2.13. The highest BCUT2D eigenvalue weighted by molar-refractivity contribution is 6.22. The van der Waals surface area contributed by atoms with Crippen molar-refractivity contribution in [2.45, 2.75) is 6.54 Å². The molecule has 0 saturated heterocycles. The lowest BCUT2D eigenvalue weighted by Crippen LogP contribution is -2.37. The van der Waals surface area contributed by atoms with Crippen molar-refractivity contribution in [3.63, 3.8) is 0 Å². The average Bonchev–Trinajstić information content (AvgIpc) is 3.40. The lowest BCUT2D eigenvalue weighted by atomic mass is 10.1. The van der Waals surface area contributed by atoms with Crippen LogP contribution in [-0.2, 0) is 6.54 Å². The summed E-state index contributed by atoms with van der Waals surface area (Å²) in [4.78, 5) is 48.0. The van der Waals surface area contributed by atoms with Gasteiger partial charge >= 0.3 is 0 Å². The molecule has 0 fully saturated rings. The van der Waals surface area contributed by atoms with E-state index >= 15 is 0 Å². The minimum atomic E-state index is -0.567. The summed E-state index contributed by atoms with van der Waals surface area (Å²) in [6, 6.07) is 19.6. The molecule has 5 rings (SSSR count). The molecular weight excluding hydrogens is 420 g/mol. The van der Waals surface area contributed by atoms with Crippen LogP contribution in [0.15, 0.2) is 79.1 Å². The van der Waals surface area contributed by atoms with E-state index in [2.05, 4.69) is 20.4 Å². The van der Waals surface area contributed by atoms with E-state index in [4.69, 9.17) is 0 Å². The van der Waals surface area contributed by atoms with E-state index in [1.165, 1.54) is 0 Å². The first-order valence-electron chi connectivity index (χ1n) is 10.3. The Bertz CT molecular complexity index is 1320. The van der Waals surface area contributed by atoms with E-state index in [1.807, 2.05) is 30.3 Å². The molecule has 0 saturated carbocycles. The second-order valence-electron chi connectivity index (χ2n) is 7.39. The maximum Gasteiger partial charge on any atom is 0.270 e. The van der Waals surface area contributed by atoms with Crippen molar-refractivity contribution in [3.8, 4) is 11.4 Å². The molecule has 0 unspecified atom stereocenters. The molecule has 0 aliphatic carbocycles. The number of carbonyl (C=O) groups is 3. The Morgan fingerprint density at radius 3 is 2.24 bits per heavy atom. The number of hydrogen-bond donors (Lipinski definition) is 1. The predicted molar refractivity (Wildman–Crippen MR) is 119 cm³/mol. The Balaban J connectivity index is 1.43. The van der Waals surface area contributed by atoms with Gasteiger partial charge in [-0.25, -0.2) is 0 Å². The number of rotatable bonds is 6. The predicted octanol–water partition coefficient (Wildman–Crippen LogP) is 2.89. The van der Waals surface area contributed by atoms with Crippen LogP contribution in [0, 0.1) is 0 Å². The number of carbonyl (C=O) groups excluding carboxylic acids is 3. The Morgan fingerprint density at radius 1 is 0.879 bits per heavy atom. The van der Waals surface area contributed by atoms with Crippen LogP contribution in [0.4, 0.5) is 5.95 Å². The fourth-order valence-corrected chi connectivity index (χ4v) is 3.58. The standard InChI is InChI=1S/C24H18N6O3/c31-20(15-29-22(32)18-10-4-5-11-19(18)23(29)33)30-24(26-13-16-7-2-1-3-8-16)27-21(28-30)17-9-6-12-25-14-17/h1-12,14H,13,15H2,(H,26,27,28). The summed E-state index contributed by atoms with van der Waals surface area (Å²) in [6.07, 6.45) is 3.22. The molecule has 3 heterocycles. The van der Waals surface area contributed by atoms with E-state index in [1.54, 1.807) is 48.8 Å². The number of nitrogens with zero attached hydrogens (tertiary/aromatic N) is 5. The molecule has 2 aromatic heterocycles. The highest BCUT2D eigenvalue weighted by Crippen LogP contribution is 2.23. The first kappa shape index (κ1) is 20.3. The Labute approximate surface area is 188 Å². The van der Waals surface area contributed by atoms with Crippen LogP contribution in [0.2, 0.25) is 0 Å². The minimum absolute atomic E-state index is 0.208. The van der Waals surface area contributed by atoms with Gasteiger partial charge in [-0.1, -0.05) is 42.5 Å². The number of imide groups is 1. The number of amides is 2. The Kier molecular flexibility index (Phi) is 5.19. The van der Waals surface area contributed by atoms with Gasteiger partial charge in [0.15, 0.2) is 5.82 Å². The topological polar surface area (TPSA) is 110 Å². The van der Waals surface area contributed by atoms with Gasteiger partial charge in [-0.05, 0) is 29.8 Å². The van der Waals surface area contributed by atoms with Crippen molar-refractivity contribution < 1.29 is 14.4 Å². The van der Waals surface area contributed by atoms with Crippen LogP contribution in [-0.4, -0.2) is 48.9 Å². The minimum Gasteiger partial charge on any atom is -0.350 e. The summed E-state index contributed by atoms with van der Waals surface area (Å²) in [7, 11) is 0. The van der Waals surface area contributed by atoms with Gasteiger partial charge in [0.05, 0.1) is 11.1 Å². The van der Waals surface area contributed by atoms with Crippen LogP contribution >= 0.6 is 0 Å². The van der Waals surface area contributed by atoms with Crippen LogP contribution in [0.5, 0.6) is 0 Å². The van der Waals surface area contributed by atoms with Crippen LogP contribution in [0.1, 0.15) is 31.1 Å². The van der Waals surface area contributed by atoms with E-state index in [-0.39, 0.29) is 17.1 Å². The van der Waals surface area contributed by atoms with Gasteiger partial charge in [0.25, 0.3) is 17.7 Å². The molecule has 1 aliphatic rings. The second-order valence-corrected chi connectivity index (χ2v) is 7.39. The van der Waals surface area contributed by atoms with Crippen molar-refractivity contribution >= 4 is 23.7 Å². The molecule has 4 aromatic rings. The summed E-state index contributed by atoms with van der Waals surface area (Å²) in [5.74, 6) is -1.07. The molecule has 0 radical (unpaired) electrons. The molecule has 0 spiro atoms. The summed E-state index contributed by atoms with van der Waals surface area (Å²) < 4.78 is 1.09. The maximum absolute atomic E-state index is 13.2. The smallest absolute Gasteiger partial charge is 0.270 e. The van der Waals surface area contributed by atoms with Crippen molar-refractivity contribution in [1.82, 2.24) is 24.6 Å². The van der Waals surface area contributed by atoms with Crippen molar-refractivity contribution in [2.24, 2.45) is 0 Å². The number of fused-ring (bicyclic) bond motifs is 1. The molecule has 1 N–H and O–H groups in total. The first-order chi connectivity index (χ1) is 16.1. The Hall–Kier alpha value is -4.66. The fourth-order valence-electron chi connectivity index (χ4n) is 3.58. The molecular formula is C24H18N6O3. The SMILES string of the molecule is O=C1c2ccccc2C(=O)N1CC(=O)n1nc(-c2cccnc2)nc1NCc1ccccc1. The lowest BCUT2D eigenvalue weighted by molar-refractivity contribution is 0.0601. The molecule has 2 amide bonds. The number of benzene rings is 2. The van der Waals surface area contributed by atoms with E-state index in [9.17, 15) is 14.4 Å². The fraction of sp³-hybridized carbons (Fsp3) is 0.0833. The third-order valence-corrected chi connectivity index (χ3v) is 5.23. The third kappa shape index (κ3) is 3.87. The summed E-state index contributed by atoms with van der Waals surface area (Å²) in [5.41, 5.74) is 2.19. The van der Waals surface area contributed by atoms with Gasteiger partial charge in [-0.2, -0.15) is 9.67 Å². The number of hydrogen-bond acceptors (Lipinski definition) is 7. The van der Waals surface area contributed by atoms with Crippen LogP contribution in [0.25, 0.3) is 11.4 Å². The number of pyridine rings is 1. The quantitative estimate of drug-likeness (QED) is 0.461. The molecule has 2 aromatic carbocycles. The van der Waals surface area contributed by atoms with Crippen molar-refractivity contribution in [2.75, 3.05) is 11.9 Å². The van der Waals surface area contributed by atoms with E-state index in [0.29, 0.717) is 17.9 Å². The summed E-state index contributed by atoms with van der Waals surface area (Å²) in [6.45, 7) is -0.0471. The van der Waals surface area contributed by atoms with E-state index < -0.39 is 24.3 Å². The average molecular weight is 438 g/mol.